The van der Waals surface area contributed by atoms with Crippen molar-refractivity contribution < 1.29 is 9.90 Å². The number of hydrogen-bond acceptors (Lipinski definition) is 5. The third-order valence-electron chi connectivity index (χ3n) is 2.85. The molecule has 0 saturated carbocycles. The number of nitrogens with one attached hydrogen (secondary N) is 1. The fourth-order valence-electron chi connectivity index (χ4n) is 1.79. The van der Waals surface area contributed by atoms with Crippen molar-refractivity contribution in [2.45, 2.75) is 0 Å². The van der Waals surface area contributed by atoms with Gasteiger partial charge >= 0.3 is 5.97 Å². The first-order valence-electron chi connectivity index (χ1n) is 5.99. The molecule has 0 radical (unpaired) electrons. The van der Waals surface area contributed by atoms with Gasteiger partial charge in [-0.3, -0.25) is 4.90 Å². The van der Waals surface area contributed by atoms with Crippen molar-refractivity contribution in [3.63, 3.8) is 0 Å². The molecule has 0 amide bonds. The SMILES string of the molecule is O=C(O)c1ccc(NCCN2CCSCC2)nc1. The molecule has 0 atom stereocenters. The molecule has 0 spiro atoms. The van der Waals surface area contributed by atoms with E-state index in [0.717, 1.165) is 32.0 Å². The quantitative estimate of drug-likeness (QED) is 0.837. The van der Waals surface area contributed by atoms with E-state index in [4.69, 9.17) is 5.11 Å². The lowest BCUT2D eigenvalue weighted by Crippen LogP contribution is -2.36. The second-order valence-electron chi connectivity index (χ2n) is 4.12. The van der Waals surface area contributed by atoms with Crippen molar-refractivity contribution in [1.82, 2.24) is 9.88 Å². The normalized spacial score (nSPS) is 16.4. The highest BCUT2D eigenvalue weighted by molar-refractivity contribution is 7.99. The number of hydrogen-bond donors (Lipinski definition) is 2. The number of aromatic carboxylic acids is 1. The Bertz CT molecular complexity index is 391. The largest absolute Gasteiger partial charge is 0.478 e. The van der Waals surface area contributed by atoms with Gasteiger partial charge in [0.25, 0.3) is 0 Å². The molecule has 2 rings (SSSR count). The highest BCUT2D eigenvalue weighted by atomic mass is 32.2. The maximum absolute atomic E-state index is 10.7. The molecule has 1 saturated heterocycles. The standard InChI is InChI=1S/C12H17N3O2S/c16-12(17)10-1-2-11(14-9-10)13-3-4-15-5-7-18-8-6-15/h1-2,9H,3-8H2,(H,13,14)(H,16,17). The average molecular weight is 267 g/mol. The fourth-order valence-corrected chi connectivity index (χ4v) is 2.77. The number of carboxylic acid groups (broad SMARTS) is 1. The van der Waals surface area contributed by atoms with E-state index in [1.807, 2.05) is 11.8 Å². The van der Waals surface area contributed by atoms with Gasteiger partial charge < -0.3 is 10.4 Å². The van der Waals surface area contributed by atoms with Crippen LogP contribution >= 0.6 is 11.8 Å². The summed E-state index contributed by atoms with van der Waals surface area (Å²) in [6.45, 7) is 4.14. The van der Waals surface area contributed by atoms with E-state index in [-0.39, 0.29) is 5.56 Å². The predicted octanol–water partition coefficient (Wildman–Crippen LogP) is 1.24. The number of aromatic nitrogens is 1. The van der Waals surface area contributed by atoms with Crippen molar-refractivity contribution in [3.8, 4) is 0 Å². The third kappa shape index (κ3) is 3.89. The Kier molecular flexibility index (Phi) is 4.83. The van der Waals surface area contributed by atoms with Crippen LogP contribution in [-0.4, -0.2) is 58.6 Å². The van der Waals surface area contributed by atoms with Gasteiger partial charge in [-0.1, -0.05) is 0 Å². The van der Waals surface area contributed by atoms with Gasteiger partial charge in [0.2, 0.25) is 0 Å². The molecule has 1 aliphatic heterocycles. The Morgan fingerprint density at radius 2 is 2.22 bits per heavy atom. The minimum atomic E-state index is -0.945. The summed E-state index contributed by atoms with van der Waals surface area (Å²) in [5.41, 5.74) is 0.216. The third-order valence-corrected chi connectivity index (χ3v) is 3.79. The van der Waals surface area contributed by atoms with E-state index in [0.29, 0.717) is 0 Å². The van der Waals surface area contributed by atoms with E-state index in [2.05, 4.69) is 15.2 Å². The number of nitrogens with zero attached hydrogens (tertiary/aromatic N) is 2. The van der Waals surface area contributed by atoms with Gasteiger partial charge in [0.05, 0.1) is 5.56 Å². The number of thioether (sulfide) groups is 1. The molecule has 1 fully saturated rings. The van der Waals surface area contributed by atoms with Crippen molar-refractivity contribution in [2.24, 2.45) is 0 Å². The fraction of sp³-hybridized carbons (Fsp3) is 0.500. The van der Waals surface area contributed by atoms with Crippen molar-refractivity contribution in [1.29, 1.82) is 0 Å². The Labute approximate surface area is 111 Å². The first-order chi connectivity index (χ1) is 8.75. The smallest absolute Gasteiger partial charge is 0.337 e. The lowest BCUT2D eigenvalue weighted by molar-refractivity contribution is 0.0696. The van der Waals surface area contributed by atoms with E-state index < -0.39 is 5.97 Å². The topological polar surface area (TPSA) is 65.5 Å². The zero-order valence-electron chi connectivity index (χ0n) is 10.1. The van der Waals surface area contributed by atoms with Crippen LogP contribution in [0.2, 0.25) is 0 Å². The van der Waals surface area contributed by atoms with Crippen molar-refractivity contribution in [2.75, 3.05) is 43.0 Å². The second kappa shape index (κ2) is 6.61. The van der Waals surface area contributed by atoms with Gasteiger partial charge in [-0.25, -0.2) is 9.78 Å². The molecule has 1 aliphatic rings. The lowest BCUT2D eigenvalue weighted by atomic mass is 10.3. The van der Waals surface area contributed by atoms with Gasteiger partial charge in [-0.15, -0.1) is 0 Å². The molecule has 0 unspecified atom stereocenters. The number of anilines is 1. The molecule has 0 aromatic carbocycles. The summed E-state index contributed by atoms with van der Waals surface area (Å²) in [5.74, 6) is 2.21. The molecule has 5 nitrogen and oxygen atoms in total. The summed E-state index contributed by atoms with van der Waals surface area (Å²) in [6.07, 6.45) is 1.38. The van der Waals surface area contributed by atoms with Crippen molar-refractivity contribution in [3.05, 3.63) is 23.9 Å². The van der Waals surface area contributed by atoms with Crippen LogP contribution in [0.4, 0.5) is 5.82 Å². The van der Waals surface area contributed by atoms with Gasteiger partial charge in [0, 0.05) is 43.9 Å². The van der Waals surface area contributed by atoms with Crippen LogP contribution in [0.3, 0.4) is 0 Å². The molecule has 1 aromatic rings. The number of carboxylic acids is 1. The lowest BCUT2D eigenvalue weighted by Gasteiger charge is -2.26. The summed E-state index contributed by atoms with van der Waals surface area (Å²) >= 11 is 2.00. The number of carbonyl (C=O) groups is 1. The molecular formula is C12H17N3O2S. The van der Waals surface area contributed by atoms with E-state index in [9.17, 15) is 4.79 Å². The molecular weight excluding hydrogens is 250 g/mol. The Morgan fingerprint density at radius 3 is 2.83 bits per heavy atom. The van der Waals surface area contributed by atoms with E-state index >= 15 is 0 Å². The summed E-state index contributed by atoms with van der Waals surface area (Å²) in [6, 6.07) is 3.27. The maximum atomic E-state index is 10.7. The maximum Gasteiger partial charge on any atom is 0.337 e. The van der Waals surface area contributed by atoms with Crippen LogP contribution in [0.15, 0.2) is 18.3 Å². The summed E-state index contributed by atoms with van der Waals surface area (Å²) in [4.78, 5) is 17.2. The van der Waals surface area contributed by atoms with Crippen LogP contribution in [0.25, 0.3) is 0 Å². The van der Waals surface area contributed by atoms with Gasteiger partial charge in [-0.05, 0) is 12.1 Å². The summed E-state index contributed by atoms with van der Waals surface area (Å²) < 4.78 is 0. The van der Waals surface area contributed by atoms with Crippen LogP contribution in [0.1, 0.15) is 10.4 Å². The van der Waals surface area contributed by atoms with Crippen LogP contribution in [0, 0.1) is 0 Å². The molecule has 18 heavy (non-hydrogen) atoms. The van der Waals surface area contributed by atoms with Crippen LogP contribution < -0.4 is 5.32 Å². The van der Waals surface area contributed by atoms with Gasteiger partial charge in [0.15, 0.2) is 0 Å². The number of rotatable bonds is 5. The van der Waals surface area contributed by atoms with Gasteiger partial charge in [0.1, 0.15) is 5.82 Å². The average Bonchev–Trinajstić information content (AvgIpc) is 2.40. The zero-order chi connectivity index (χ0) is 12.8. The van der Waals surface area contributed by atoms with Crippen molar-refractivity contribution >= 4 is 23.5 Å². The first kappa shape index (κ1) is 13.2. The highest BCUT2D eigenvalue weighted by Gasteiger charge is 2.09. The highest BCUT2D eigenvalue weighted by Crippen LogP contribution is 2.09. The van der Waals surface area contributed by atoms with E-state index in [1.54, 1.807) is 12.1 Å². The monoisotopic (exact) mass is 267 g/mol. The predicted molar refractivity (Wildman–Crippen MR) is 73.5 cm³/mol. The Balaban J connectivity index is 1.74. The zero-order valence-corrected chi connectivity index (χ0v) is 10.9. The molecule has 2 N–H and O–H groups in total. The van der Waals surface area contributed by atoms with Gasteiger partial charge in [-0.2, -0.15) is 11.8 Å². The first-order valence-corrected chi connectivity index (χ1v) is 7.14. The Hall–Kier alpha value is -1.27. The molecule has 1 aromatic heterocycles. The molecule has 0 bridgehead atoms. The minimum absolute atomic E-state index is 0.216. The summed E-state index contributed by atoms with van der Waals surface area (Å²) in [7, 11) is 0. The molecule has 2 heterocycles. The van der Waals surface area contributed by atoms with Crippen LogP contribution in [-0.2, 0) is 0 Å². The second-order valence-corrected chi connectivity index (χ2v) is 5.34. The Morgan fingerprint density at radius 1 is 1.44 bits per heavy atom. The summed E-state index contributed by atoms with van der Waals surface area (Å²) in [5, 5.41) is 12.0. The van der Waals surface area contributed by atoms with Crippen LogP contribution in [0.5, 0.6) is 0 Å². The molecule has 6 heteroatoms. The minimum Gasteiger partial charge on any atom is -0.478 e. The molecule has 98 valence electrons. The molecule has 0 aliphatic carbocycles. The van der Waals surface area contributed by atoms with E-state index in [1.165, 1.54) is 17.7 Å². The number of pyridine rings is 1.